The van der Waals surface area contributed by atoms with E-state index >= 15 is 0 Å². The molecule has 0 saturated heterocycles. The molecule has 1 aromatic rings. The molecule has 1 heterocycles. The van der Waals surface area contributed by atoms with Crippen molar-refractivity contribution in [2.75, 3.05) is 11.9 Å². The first-order chi connectivity index (χ1) is 5.77. The van der Waals surface area contributed by atoms with Crippen LogP contribution in [0.5, 0.6) is 0 Å². The van der Waals surface area contributed by atoms with E-state index in [0.717, 1.165) is 18.5 Å². The molecule has 0 atom stereocenters. The highest BCUT2D eigenvalue weighted by atomic mass is 35.5. The smallest absolute Gasteiger partial charge is 0.153 e. The van der Waals surface area contributed by atoms with Crippen molar-refractivity contribution >= 4 is 23.6 Å². The van der Waals surface area contributed by atoms with Gasteiger partial charge in [-0.3, -0.25) is 4.79 Å². The van der Waals surface area contributed by atoms with Crippen LogP contribution in [0, 0.1) is 0 Å². The topological polar surface area (TPSA) is 42.0 Å². The Hall–Kier alpha value is -1.09. The molecule has 3 nitrogen and oxygen atoms in total. The summed E-state index contributed by atoms with van der Waals surface area (Å²) in [6, 6.07) is 1.63. The number of hydrogen-bond donors (Lipinski definition) is 1. The van der Waals surface area contributed by atoms with E-state index < -0.39 is 0 Å². The second-order valence-corrected chi connectivity index (χ2v) is 2.63. The summed E-state index contributed by atoms with van der Waals surface area (Å²) in [5.41, 5.74) is 1.26. The Labute approximate surface area is 75.8 Å². The minimum atomic E-state index is 0.386. The van der Waals surface area contributed by atoms with Gasteiger partial charge in [0.1, 0.15) is 5.15 Å². The van der Waals surface area contributed by atoms with Crippen LogP contribution in [0.15, 0.2) is 12.3 Å². The maximum absolute atomic E-state index is 10.5. The second kappa shape index (κ2) is 4.07. The van der Waals surface area contributed by atoms with Crippen LogP contribution in [0.25, 0.3) is 0 Å². The summed E-state index contributed by atoms with van der Waals surface area (Å²) in [4.78, 5) is 14.3. The van der Waals surface area contributed by atoms with Gasteiger partial charge in [-0.25, -0.2) is 4.98 Å². The Bertz CT molecular complexity index is 288. The molecule has 0 bridgehead atoms. The number of carbonyl (C=O) groups is 1. The molecule has 0 unspecified atom stereocenters. The normalized spacial score (nSPS) is 9.50. The summed E-state index contributed by atoms with van der Waals surface area (Å²) in [7, 11) is 0. The zero-order chi connectivity index (χ0) is 8.97. The van der Waals surface area contributed by atoms with Crippen molar-refractivity contribution in [3.05, 3.63) is 23.0 Å². The van der Waals surface area contributed by atoms with E-state index in [1.54, 1.807) is 6.07 Å². The van der Waals surface area contributed by atoms with Gasteiger partial charge in [0.15, 0.2) is 6.29 Å². The number of hydrogen-bond acceptors (Lipinski definition) is 3. The highest BCUT2D eigenvalue weighted by molar-refractivity contribution is 6.29. The van der Waals surface area contributed by atoms with E-state index in [-0.39, 0.29) is 0 Å². The van der Waals surface area contributed by atoms with Gasteiger partial charge < -0.3 is 5.32 Å². The van der Waals surface area contributed by atoms with Crippen LogP contribution >= 0.6 is 11.6 Å². The lowest BCUT2D eigenvalue weighted by Gasteiger charge is -2.04. The van der Waals surface area contributed by atoms with E-state index in [0.29, 0.717) is 10.7 Å². The molecule has 0 radical (unpaired) electrons. The van der Waals surface area contributed by atoms with Gasteiger partial charge in [-0.05, 0) is 13.0 Å². The third-order valence-electron chi connectivity index (χ3n) is 1.40. The van der Waals surface area contributed by atoms with Gasteiger partial charge in [0, 0.05) is 18.4 Å². The highest BCUT2D eigenvalue weighted by Gasteiger charge is 2.01. The number of rotatable bonds is 3. The third kappa shape index (κ3) is 1.95. The molecular formula is C8H9ClN2O. The van der Waals surface area contributed by atoms with Gasteiger partial charge in [0.2, 0.25) is 0 Å². The number of carbonyl (C=O) groups excluding carboxylic acids is 1. The first-order valence-electron chi connectivity index (χ1n) is 3.62. The Kier molecular flexibility index (Phi) is 3.05. The van der Waals surface area contributed by atoms with Crippen LogP contribution in [0.4, 0.5) is 5.69 Å². The lowest BCUT2D eigenvalue weighted by atomic mass is 10.2. The monoisotopic (exact) mass is 184 g/mol. The molecule has 64 valence electrons. The minimum Gasteiger partial charge on any atom is -0.385 e. The molecule has 0 aromatic carbocycles. The lowest BCUT2D eigenvalue weighted by molar-refractivity contribution is 0.112. The molecule has 0 saturated carbocycles. The first kappa shape index (κ1) is 9.00. The summed E-state index contributed by atoms with van der Waals surface area (Å²) in [6.07, 6.45) is 2.20. The maximum atomic E-state index is 10.5. The number of anilines is 1. The molecule has 4 heteroatoms. The largest absolute Gasteiger partial charge is 0.385 e. The number of pyridine rings is 1. The third-order valence-corrected chi connectivity index (χ3v) is 1.60. The zero-order valence-corrected chi connectivity index (χ0v) is 7.43. The van der Waals surface area contributed by atoms with E-state index in [1.165, 1.54) is 6.20 Å². The fraction of sp³-hybridized carbons (Fsp3) is 0.250. The lowest BCUT2D eigenvalue weighted by Crippen LogP contribution is -2.00. The molecule has 0 aliphatic carbocycles. The van der Waals surface area contributed by atoms with Crippen molar-refractivity contribution in [1.29, 1.82) is 0 Å². The number of nitrogens with zero attached hydrogens (tertiary/aromatic N) is 1. The second-order valence-electron chi connectivity index (χ2n) is 2.24. The Morgan fingerprint density at radius 3 is 3.08 bits per heavy atom. The van der Waals surface area contributed by atoms with Crippen molar-refractivity contribution in [3.63, 3.8) is 0 Å². The van der Waals surface area contributed by atoms with E-state index in [1.807, 2.05) is 6.92 Å². The summed E-state index contributed by atoms with van der Waals surface area (Å²) >= 11 is 5.64. The zero-order valence-electron chi connectivity index (χ0n) is 6.67. The average molecular weight is 185 g/mol. The highest BCUT2D eigenvalue weighted by Crippen LogP contribution is 2.16. The summed E-state index contributed by atoms with van der Waals surface area (Å²) in [5.74, 6) is 0. The molecular weight excluding hydrogens is 176 g/mol. The van der Waals surface area contributed by atoms with Gasteiger partial charge >= 0.3 is 0 Å². The van der Waals surface area contributed by atoms with Crippen molar-refractivity contribution in [1.82, 2.24) is 4.98 Å². The van der Waals surface area contributed by atoms with Gasteiger partial charge in [0.05, 0.1) is 5.56 Å². The van der Waals surface area contributed by atoms with Crippen LogP contribution in [0.2, 0.25) is 5.15 Å². The van der Waals surface area contributed by atoms with E-state index in [4.69, 9.17) is 11.6 Å². The maximum Gasteiger partial charge on any atom is 0.153 e. The molecule has 0 amide bonds. The molecule has 0 aliphatic rings. The van der Waals surface area contributed by atoms with Crippen LogP contribution in [0.1, 0.15) is 17.3 Å². The number of halogens is 1. The quantitative estimate of drug-likeness (QED) is 0.577. The van der Waals surface area contributed by atoms with Crippen LogP contribution in [-0.2, 0) is 0 Å². The number of aromatic nitrogens is 1. The van der Waals surface area contributed by atoms with Gasteiger partial charge in [-0.15, -0.1) is 0 Å². The Morgan fingerprint density at radius 2 is 2.50 bits per heavy atom. The number of aldehydes is 1. The van der Waals surface area contributed by atoms with E-state index in [9.17, 15) is 4.79 Å². The SMILES string of the molecule is CCNc1cc(Cl)ncc1C=O. The summed E-state index contributed by atoms with van der Waals surface area (Å²) in [6.45, 7) is 2.70. The Morgan fingerprint density at radius 1 is 1.75 bits per heavy atom. The summed E-state index contributed by atoms with van der Waals surface area (Å²) < 4.78 is 0. The molecule has 1 N–H and O–H groups in total. The van der Waals surface area contributed by atoms with Gasteiger partial charge in [-0.1, -0.05) is 11.6 Å². The van der Waals surface area contributed by atoms with Crippen molar-refractivity contribution in [2.24, 2.45) is 0 Å². The standard InChI is InChI=1S/C8H9ClN2O/c1-2-10-7-3-8(9)11-4-6(7)5-12/h3-5H,2H2,1H3,(H,10,11). The van der Waals surface area contributed by atoms with Crippen molar-refractivity contribution in [2.45, 2.75) is 6.92 Å². The average Bonchev–Trinajstić information content (AvgIpc) is 2.05. The Balaban J connectivity index is 3.03. The molecule has 0 aliphatic heterocycles. The minimum absolute atomic E-state index is 0.386. The molecule has 0 spiro atoms. The fourth-order valence-electron chi connectivity index (χ4n) is 0.878. The first-order valence-corrected chi connectivity index (χ1v) is 4.00. The predicted molar refractivity (Wildman–Crippen MR) is 48.8 cm³/mol. The molecule has 12 heavy (non-hydrogen) atoms. The van der Waals surface area contributed by atoms with Gasteiger partial charge in [0.25, 0.3) is 0 Å². The fourth-order valence-corrected chi connectivity index (χ4v) is 1.04. The van der Waals surface area contributed by atoms with Crippen LogP contribution < -0.4 is 5.32 Å². The van der Waals surface area contributed by atoms with Gasteiger partial charge in [-0.2, -0.15) is 0 Å². The number of nitrogens with one attached hydrogen (secondary N) is 1. The molecule has 1 aromatic heterocycles. The molecule has 1 rings (SSSR count). The van der Waals surface area contributed by atoms with Crippen LogP contribution in [-0.4, -0.2) is 17.8 Å². The molecule has 0 fully saturated rings. The summed E-state index contributed by atoms with van der Waals surface area (Å²) in [5, 5.41) is 3.40. The van der Waals surface area contributed by atoms with E-state index in [2.05, 4.69) is 10.3 Å². The van der Waals surface area contributed by atoms with Crippen molar-refractivity contribution in [3.8, 4) is 0 Å². The van der Waals surface area contributed by atoms with Crippen molar-refractivity contribution < 1.29 is 4.79 Å². The van der Waals surface area contributed by atoms with Crippen LogP contribution in [0.3, 0.4) is 0 Å². The predicted octanol–water partition coefficient (Wildman–Crippen LogP) is 1.98.